The van der Waals surface area contributed by atoms with Gasteiger partial charge in [-0.05, 0) is 20.8 Å². The van der Waals surface area contributed by atoms with Crippen LogP contribution in [0.3, 0.4) is 0 Å². The molecule has 0 radical (unpaired) electrons. The van der Waals surface area contributed by atoms with Crippen molar-refractivity contribution in [1.29, 1.82) is 0 Å². The van der Waals surface area contributed by atoms with Crippen LogP contribution < -0.4 is 9.62 Å². The van der Waals surface area contributed by atoms with Gasteiger partial charge in [0.2, 0.25) is 5.75 Å². The third-order valence-electron chi connectivity index (χ3n) is 2.24. The molecule has 0 aromatic carbocycles. The number of carbonyl (C=O) groups excluding carboxylic acids is 2. The molecule has 2 heterocycles. The van der Waals surface area contributed by atoms with Gasteiger partial charge in [-0.1, -0.05) is 0 Å². The Hall–Kier alpha value is -2.11. The summed E-state index contributed by atoms with van der Waals surface area (Å²) in [6.45, 7) is 5.08. The van der Waals surface area contributed by atoms with Gasteiger partial charge < -0.3 is 4.74 Å². The number of fused-ring (bicyclic) bond motifs is 2. The highest BCUT2D eigenvalue weighted by Gasteiger charge is 2.28. The lowest BCUT2D eigenvalue weighted by atomic mass is 10.1. The van der Waals surface area contributed by atoms with E-state index in [4.69, 9.17) is 9.62 Å². The zero-order chi connectivity index (χ0) is 11.9. The maximum atomic E-state index is 11.2. The van der Waals surface area contributed by atoms with Crippen LogP contribution in [0.5, 0.6) is 11.5 Å². The van der Waals surface area contributed by atoms with Crippen LogP contribution in [0.25, 0.3) is 0 Å². The summed E-state index contributed by atoms with van der Waals surface area (Å²) in [5, 5.41) is 0. The summed E-state index contributed by atoms with van der Waals surface area (Å²) in [7, 11) is 0. The van der Waals surface area contributed by atoms with Gasteiger partial charge in [0.15, 0.2) is 5.75 Å². The zero-order valence-electron chi connectivity index (χ0n) is 8.99. The van der Waals surface area contributed by atoms with Crippen molar-refractivity contribution in [2.45, 2.75) is 20.8 Å². The van der Waals surface area contributed by atoms with Gasteiger partial charge in [-0.25, -0.2) is 14.5 Å². The summed E-state index contributed by atoms with van der Waals surface area (Å²) in [6, 6.07) is 0. The number of aromatic nitrogens is 1. The van der Waals surface area contributed by atoms with E-state index >= 15 is 0 Å². The lowest BCUT2D eigenvalue weighted by Crippen LogP contribution is -2.27. The van der Waals surface area contributed by atoms with E-state index in [2.05, 4.69) is 9.87 Å². The molecule has 0 amide bonds. The Kier molecular flexibility index (Phi) is 2.26. The Morgan fingerprint density at radius 2 is 1.50 bits per heavy atom. The smallest absolute Gasteiger partial charge is 0.416 e. The van der Waals surface area contributed by atoms with Crippen molar-refractivity contribution < 1.29 is 24.1 Å². The summed E-state index contributed by atoms with van der Waals surface area (Å²) in [6.07, 6.45) is 0. The molecule has 6 heteroatoms. The van der Waals surface area contributed by atoms with Crippen LogP contribution in [0.2, 0.25) is 0 Å². The lowest BCUT2D eigenvalue weighted by Gasteiger charge is -2.17. The van der Waals surface area contributed by atoms with Crippen molar-refractivity contribution >= 4 is 11.9 Å². The second kappa shape index (κ2) is 3.48. The van der Waals surface area contributed by atoms with E-state index in [1.165, 1.54) is 0 Å². The van der Waals surface area contributed by atoms with Gasteiger partial charge in [0, 0.05) is 5.56 Å². The Morgan fingerprint density at radius 3 is 2.19 bits per heavy atom. The maximum absolute atomic E-state index is 11.2. The average Bonchev–Trinajstić information content (AvgIpc) is 2.21. The fourth-order valence-electron chi connectivity index (χ4n) is 1.52. The number of pyridine rings is 1. The van der Waals surface area contributed by atoms with E-state index in [9.17, 15) is 9.59 Å². The number of rotatable bonds is 0. The number of aryl methyl sites for hydroxylation is 2. The van der Waals surface area contributed by atoms with Gasteiger partial charge in [-0.15, -0.1) is 0 Å². The molecular weight excluding hydrogens is 214 g/mol. The largest absolute Gasteiger partial charge is 0.463 e. The predicted molar refractivity (Wildman–Crippen MR) is 50.8 cm³/mol. The molecule has 0 saturated heterocycles. The van der Waals surface area contributed by atoms with Gasteiger partial charge in [-0.2, -0.15) is 0 Å². The normalized spacial score (nSPS) is 14.4. The molecule has 0 unspecified atom stereocenters. The first-order valence-corrected chi connectivity index (χ1v) is 4.59. The van der Waals surface area contributed by atoms with Crippen LogP contribution in [0.4, 0.5) is 0 Å². The minimum atomic E-state index is -1.19. The minimum Gasteiger partial charge on any atom is -0.416 e. The van der Waals surface area contributed by atoms with E-state index in [0.717, 1.165) is 0 Å². The summed E-state index contributed by atoms with van der Waals surface area (Å²) in [5.74, 6) is -1.78. The molecule has 84 valence electrons. The van der Waals surface area contributed by atoms with E-state index in [1.54, 1.807) is 20.8 Å². The van der Waals surface area contributed by atoms with Crippen LogP contribution in [-0.2, 0) is 14.5 Å². The molecule has 6 nitrogen and oxygen atoms in total. The fourth-order valence-corrected chi connectivity index (χ4v) is 1.52. The maximum Gasteiger partial charge on any atom is 0.463 e. The monoisotopic (exact) mass is 223 g/mol. The van der Waals surface area contributed by atoms with E-state index in [1.807, 2.05) is 0 Å². The van der Waals surface area contributed by atoms with Crippen molar-refractivity contribution in [3.8, 4) is 11.5 Å². The third kappa shape index (κ3) is 1.48. The molecule has 0 aliphatic carbocycles. The Bertz CT molecular complexity index is 494. The second-order valence-corrected chi connectivity index (χ2v) is 3.41. The first kappa shape index (κ1) is 10.4. The molecular formula is C10H9NO5. The molecule has 16 heavy (non-hydrogen) atoms. The summed E-state index contributed by atoms with van der Waals surface area (Å²) < 4.78 is 4.87. The zero-order valence-corrected chi connectivity index (χ0v) is 8.99. The summed E-state index contributed by atoms with van der Waals surface area (Å²) >= 11 is 0. The van der Waals surface area contributed by atoms with Crippen LogP contribution in [0, 0.1) is 20.8 Å². The van der Waals surface area contributed by atoms with Crippen LogP contribution in [0.1, 0.15) is 17.0 Å². The Labute approximate surface area is 91.1 Å². The molecule has 0 atom stereocenters. The lowest BCUT2D eigenvalue weighted by molar-refractivity contribution is -0.218. The van der Waals surface area contributed by atoms with Crippen molar-refractivity contribution in [3.05, 3.63) is 17.0 Å². The fraction of sp³-hybridized carbons (Fsp3) is 0.300. The first-order chi connectivity index (χ1) is 7.50. The molecule has 1 aliphatic heterocycles. The van der Waals surface area contributed by atoms with Gasteiger partial charge in [-0.3, -0.25) is 9.87 Å². The minimum absolute atomic E-state index is 0.238. The van der Waals surface area contributed by atoms with Crippen molar-refractivity contribution in [1.82, 2.24) is 4.98 Å². The number of carbonyl (C=O) groups is 2. The van der Waals surface area contributed by atoms with E-state index < -0.39 is 11.9 Å². The molecule has 0 N–H and O–H groups in total. The number of esters is 1. The van der Waals surface area contributed by atoms with Gasteiger partial charge in [0.1, 0.15) is 0 Å². The van der Waals surface area contributed by atoms with Gasteiger partial charge in [0.05, 0.1) is 11.4 Å². The second-order valence-electron chi connectivity index (χ2n) is 3.41. The van der Waals surface area contributed by atoms with Crippen LogP contribution in [-0.4, -0.2) is 16.9 Å². The summed E-state index contributed by atoms with van der Waals surface area (Å²) in [5.41, 5.74) is 1.65. The SMILES string of the molecule is Cc1nc(C)c2c(C)c1OOC(=O)C(=O)O2. The number of nitrogens with zero attached hydrogens (tertiary/aromatic N) is 1. The standard InChI is InChI=1S/C10H9NO5/c1-4-7-5(2)11-6(3)8(4)15-16-10(13)9(12)14-7/h1-3H3. The van der Waals surface area contributed by atoms with Gasteiger partial charge >= 0.3 is 11.9 Å². The summed E-state index contributed by atoms with van der Waals surface area (Å²) in [4.78, 5) is 35.3. The molecule has 1 aromatic rings. The predicted octanol–water partition coefficient (Wildman–Crippen LogP) is 0.763. The first-order valence-electron chi connectivity index (χ1n) is 4.59. The molecule has 1 aliphatic rings. The third-order valence-corrected chi connectivity index (χ3v) is 2.24. The number of hydrogen-bond acceptors (Lipinski definition) is 6. The highest BCUT2D eigenvalue weighted by molar-refractivity contribution is 6.30. The molecule has 0 spiro atoms. The van der Waals surface area contributed by atoms with Gasteiger partial charge in [0.25, 0.3) is 0 Å². The molecule has 1 aromatic heterocycles. The number of hydrogen-bond donors (Lipinski definition) is 0. The Morgan fingerprint density at radius 1 is 0.875 bits per heavy atom. The molecule has 2 bridgehead atoms. The Balaban J connectivity index is 2.62. The van der Waals surface area contributed by atoms with E-state index in [-0.39, 0.29) is 5.75 Å². The topological polar surface area (TPSA) is 74.7 Å². The highest BCUT2D eigenvalue weighted by Crippen LogP contribution is 2.33. The molecule has 0 fully saturated rings. The van der Waals surface area contributed by atoms with Crippen molar-refractivity contribution in [3.63, 3.8) is 0 Å². The van der Waals surface area contributed by atoms with Crippen molar-refractivity contribution in [2.75, 3.05) is 0 Å². The molecule has 2 rings (SSSR count). The van der Waals surface area contributed by atoms with Crippen LogP contribution >= 0.6 is 0 Å². The number of ether oxygens (including phenoxy) is 1. The van der Waals surface area contributed by atoms with E-state index in [0.29, 0.717) is 22.7 Å². The molecule has 0 saturated carbocycles. The van der Waals surface area contributed by atoms with Crippen molar-refractivity contribution in [2.24, 2.45) is 0 Å². The average molecular weight is 223 g/mol. The van der Waals surface area contributed by atoms with Crippen LogP contribution in [0.15, 0.2) is 0 Å². The highest BCUT2D eigenvalue weighted by atomic mass is 17.2. The quantitative estimate of drug-likeness (QED) is 0.367.